The van der Waals surface area contributed by atoms with Crippen molar-refractivity contribution in [1.29, 1.82) is 0 Å². The molecular formula is C14H18N2. The van der Waals surface area contributed by atoms with Gasteiger partial charge in [-0.05, 0) is 29.9 Å². The molecule has 0 aromatic heterocycles. The van der Waals surface area contributed by atoms with Gasteiger partial charge in [0, 0.05) is 16.8 Å². The van der Waals surface area contributed by atoms with Crippen molar-refractivity contribution in [3.63, 3.8) is 0 Å². The first-order valence-corrected chi connectivity index (χ1v) is 5.79. The Balaban J connectivity index is 2.55. The Morgan fingerprint density at radius 3 is 2.62 bits per heavy atom. The molecule has 0 saturated carbocycles. The van der Waals surface area contributed by atoms with Crippen LogP contribution in [0.1, 0.15) is 25.3 Å². The van der Waals surface area contributed by atoms with Gasteiger partial charge in [0.25, 0.3) is 0 Å². The van der Waals surface area contributed by atoms with Crippen molar-refractivity contribution in [3.8, 4) is 0 Å². The molecule has 2 nitrogen and oxygen atoms in total. The number of aryl methyl sites for hydroxylation is 1. The minimum absolute atomic E-state index is 0.772. The van der Waals surface area contributed by atoms with Crippen LogP contribution in [0.4, 0.5) is 11.4 Å². The molecule has 4 N–H and O–H groups in total. The lowest BCUT2D eigenvalue weighted by atomic mass is 9.99. The number of benzene rings is 2. The molecule has 0 heterocycles. The fraction of sp³-hybridized carbons (Fsp3) is 0.286. The molecule has 0 fully saturated rings. The molecule has 2 heteroatoms. The number of hydrogen-bond acceptors (Lipinski definition) is 2. The molecule has 0 bridgehead atoms. The summed E-state index contributed by atoms with van der Waals surface area (Å²) >= 11 is 0. The van der Waals surface area contributed by atoms with Crippen LogP contribution in [0.5, 0.6) is 0 Å². The zero-order valence-corrected chi connectivity index (χ0v) is 9.66. The van der Waals surface area contributed by atoms with E-state index in [1.165, 1.54) is 18.4 Å². The smallest absolute Gasteiger partial charge is 0.0447 e. The monoisotopic (exact) mass is 214 g/mol. The van der Waals surface area contributed by atoms with Gasteiger partial charge in [0.1, 0.15) is 0 Å². The second-order valence-electron chi connectivity index (χ2n) is 4.19. The van der Waals surface area contributed by atoms with Crippen molar-refractivity contribution in [2.45, 2.75) is 26.2 Å². The van der Waals surface area contributed by atoms with Gasteiger partial charge in [-0.3, -0.25) is 0 Å². The Bertz CT molecular complexity index is 503. The normalized spacial score (nSPS) is 10.8. The largest absolute Gasteiger partial charge is 0.398 e. The SMILES string of the molecule is CCCCc1ccc2cccc(N)c2c1N. The third-order valence-corrected chi connectivity index (χ3v) is 3.01. The second-order valence-corrected chi connectivity index (χ2v) is 4.19. The average Bonchev–Trinajstić information content (AvgIpc) is 2.28. The fourth-order valence-electron chi connectivity index (χ4n) is 2.06. The molecule has 2 aromatic carbocycles. The lowest BCUT2D eigenvalue weighted by molar-refractivity contribution is 0.797. The number of anilines is 2. The molecule has 2 aromatic rings. The summed E-state index contributed by atoms with van der Waals surface area (Å²) in [7, 11) is 0. The Morgan fingerprint density at radius 2 is 1.88 bits per heavy atom. The van der Waals surface area contributed by atoms with Gasteiger partial charge in [-0.25, -0.2) is 0 Å². The molecule has 2 rings (SSSR count). The summed E-state index contributed by atoms with van der Waals surface area (Å²) in [5.74, 6) is 0. The number of rotatable bonds is 3. The predicted molar refractivity (Wildman–Crippen MR) is 71.4 cm³/mol. The maximum atomic E-state index is 6.18. The second kappa shape index (κ2) is 4.44. The molecule has 16 heavy (non-hydrogen) atoms. The maximum absolute atomic E-state index is 6.18. The van der Waals surface area contributed by atoms with Gasteiger partial charge in [-0.15, -0.1) is 0 Å². The minimum atomic E-state index is 0.772. The van der Waals surface area contributed by atoms with Gasteiger partial charge in [0.15, 0.2) is 0 Å². The van der Waals surface area contributed by atoms with Crippen LogP contribution in [0.25, 0.3) is 10.8 Å². The summed E-state index contributed by atoms with van der Waals surface area (Å²) in [6.45, 7) is 2.19. The van der Waals surface area contributed by atoms with Crippen LogP contribution in [-0.4, -0.2) is 0 Å². The van der Waals surface area contributed by atoms with E-state index in [0.29, 0.717) is 0 Å². The Labute approximate surface area is 96.3 Å². The molecule has 0 amide bonds. The van der Waals surface area contributed by atoms with Crippen LogP contribution in [-0.2, 0) is 6.42 Å². The summed E-state index contributed by atoms with van der Waals surface area (Å²) in [6.07, 6.45) is 3.39. The highest BCUT2D eigenvalue weighted by Crippen LogP contribution is 2.30. The molecule has 84 valence electrons. The van der Waals surface area contributed by atoms with Crippen LogP contribution >= 0.6 is 0 Å². The van der Waals surface area contributed by atoms with Crippen molar-refractivity contribution in [1.82, 2.24) is 0 Å². The van der Waals surface area contributed by atoms with Crippen LogP contribution in [0.2, 0.25) is 0 Å². The summed E-state index contributed by atoms with van der Waals surface area (Å²) in [6, 6.07) is 10.1. The summed E-state index contributed by atoms with van der Waals surface area (Å²) in [4.78, 5) is 0. The quantitative estimate of drug-likeness (QED) is 0.770. The lowest BCUT2D eigenvalue weighted by Gasteiger charge is -2.10. The van der Waals surface area contributed by atoms with Gasteiger partial charge >= 0.3 is 0 Å². The first-order chi connectivity index (χ1) is 7.74. The highest BCUT2D eigenvalue weighted by Gasteiger charge is 2.06. The van der Waals surface area contributed by atoms with Gasteiger partial charge in [-0.1, -0.05) is 37.6 Å². The van der Waals surface area contributed by atoms with Gasteiger partial charge in [-0.2, -0.15) is 0 Å². The highest BCUT2D eigenvalue weighted by atomic mass is 14.6. The maximum Gasteiger partial charge on any atom is 0.0447 e. The fourth-order valence-corrected chi connectivity index (χ4v) is 2.06. The van der Waals surface area contributed by atoms with Crippen LogP contribution in [0, 0.1) is 0 Å². The molecule has 0 atom stereocenters. The number of nitrogen functional groups attached to an aromatic ring is 2. The van der Waals surface area contributed by atoms with E-state index in [0.717, 1.165) is 28.6 Å². The van der Waals surface area contributed by atoms with Crippen molar-refractivity contribution < 1.29 is 0 Å². The van der Waals surface area contributed by atoms with E-state index in [4.69, 9.17) is 11.5 Å². The third kappa shape index (κ3) is 1.83. The van der Waals surface area contributed by atoms with E-state index >= 15 is 0 Å². The molecule has 0 spiro atoms. The van der Waals surface area contributed by atoms with Gasteiger partial charge in [0.05, 0.1) is 0 Å². The summed E-state index contributed by atoms with van der Waals surface area (Å²) < 4.78 is 0. The molecule has 0 aliphatic carbocycles. The Morgan fingerprint density at radius 1 is 1.06 bits per heavy atom. The van der Waals surface area contributed by atoms with Crippen molar-refractivity contribution >= 4 is 22.1 Å². The van der Waals surface area contributed by atoms with Crippen LogP contribution in [0.15, 0.2) is 30.3 Å². The van der Waals surface area contributed by atoms with Crippen molar-refractivity contribution in [2.24, 2.45) is 0 Å². The first kappa shape index (κ1) is 10.8. The Kier molecular flexibility index (Phi) is 3.00. The van der Waals surface area contributed by atoms with Crippen LogP contribution < -0.4 is 11.5 Å². The summed E-state index contributed by atoms with van der Waals surface area (Å²) in [5.41, 5.74) is 15.0. The molecular weight excluding hydrogens is 196 g/mol. The topological polar surface area (TPSA) is 52.0 Å². The Hall–Kier alpha value is -1.70. The van der Waals surface area contributed by atoms with E-state index in [2.05, 4.69) is 19.1 Å². The van der Waals surface area contributed by atoms with E-state index in [1.54, 1.807) is 0 Å². The molecule has 0 saturated heterocycles. The predicted octanol–water partition coefficient (Wildman–Crippen LogP) is 3.35. The van der Waals surface area contributed by atoms with Crippen molar-refractivity contribution in [3.05, 3.63) is 35.9 Å². The van der Waals surface area contributed by atoms with E-state index in [1.807, 2.05) is 18.2 Å². The first-order valence-electron chi connectivity index (χ1n) is 5.79. The summed E-state index contributed by atoms with van der Waals surface area (Å²) in [5, 5.41) is 2.13. The molecule has 0 unspecified atom stereocenters. The zero-order chi connectivity index (χ0) is 11.5. The average molecular weight is 214 g/mol. The molecule has 0 radical (unpaired) electrons. The third-order valence-electron chi connectivity index (χ3n) is 3.01. The molecule has 0 aliphatic heterocycles. The lowest BCUT2D eigenvalue weighted by Crippen LogP contribution is -1.98. The van der Waals surface area contributed by atoms with E-state index < -0.39 is 0 Å². The number of fused-ring (bicyclic) bond motifs is 1. The molecule has 0 aliphatic rings. The van der Waals surface area contributed by atoms with Gasteiger partial charge in [0.2, 0.25) is 0 Å². The van der Waals surface area contributed by atoms with Crippen molar-refractivity contribution in [2.75, 3.05) is 11.5 Å². The van der Waals surface area contributed by atoms with Crippen LogP contribution in [0.3, 0.4) is 0 Å². The number of unbranched alkanes of at least 4 members (excludes halogenated alkanes) is 1. The van der Waals surface area contributed by atoms with Gasteiger partial charge < -0.3 is 11.5 Å². The minimum Gasteiger partial charge on any atom is -0.398 e. The number of nitrogens with two attached hydrogens (primary N) is 2. The van der Waals surface area contributed by atoms with E-state index in [9.17, 15) is 0 Å². The standard InChI is InChI=1S/C14H18N2/c1-2-3-5-11-9-8-10-6-4-7-12(15)13(10)14(11)16/h4,6-9H,2-3,5,15-16H2,1H3. The van der Waals surface area contributed by atoms with E-state index in [-0.39, 0.29) is 0 Å². The zero-order valence-electron chi connectivity index (χ0n) is 9.66. The highest BCUT2D eigenvalue weighted by molar-refractivity contribution is 6.02. The number of hydrogen-bond donors (Lipinski definition) is 2.